The molecule has 1 atom stereocenters. The standard InChI is InChI=1S/C12H18N4O2/c1-9(18)16-7-2-3-10(16)11-12(15-6-8-17)14-5-4-13-11/h4-5,10,17H,2-3,6-8H2,1H3,(H,14,15)/t10-/m0/s1. The van der Waals surface area contributed by atoms with E-state index in [-0.39, 0.29) is 18.6 Å². The second kappa shape index (κ2) is 5.77. The summed E-state index contributed by atoms with van der Waals surface area (Å²) in [6.07, 6.45) is 5.14. The fourth-order valence-corrected chi connectivity index (χ4v) is 2.33. The maximum Gasteiger partial charge on any atom is 0.220 e. The van der Waals surface area contributed by atoms with Crippen molar-refractivity contribution in [1.82, 2.24) is 14.9 Å². The number of likely N-dealkylation sites (tertiary alicyclic amines) is 1. The minimum absolute atomic E-state index is 0.00241. The van der Waals surface area contributed by atoms with Gasteiger partial charge in [-0.25, -0.2) is 4.98 Å². The van der Waals surface area contributed by atoms with Gasteiger partial charge in [-0.2, -0.15) is 0 Å². The highest BCUT2D eigenvalue weighted by molar-refractivity contribution is 5.74. The number of amides is 1. The molecule has 2 rings (SSSR count). The van der Waals surface area contributed by atoms with Gasteiger partial charge in [0.05, 0.1) is 12.6 Å². The Morgan fingerprint density at radius 3 is 3.06 bits per heavy atom. The number of aromatic nitrogens is 2. The number of anilines is 1. The van der Waals surface area contributed by atoms with Crippen molar-refractivity contribution in [2.24, 2.45) is 0 Å². The summed E-state index contributed by atoms with van der Waals surface area (Å²) in [6.45, 7) is 2.82. The largest absolute Gasteiger partial charge is 0.395 e. The summed E-state index contributed by atoms with van der Waals surface area (Å²) in [5.41, 5.74) is 0.790. The lowest BCUT2D eigenvalue weighted by Gasteiger charge is -2.24. The van der Waals surface area contributed by atoms with Gasteiger partial charge >= 0.3 is 0 Å². The number of aliphatic hydroxyl groups is 1. The third-order valence-electron chi connectivity index (χ3n) is 3.10. The van der Waals surface area contributed by atoms with E-state index in [1.807, 2.05) is 4.90 Å². The second-order valence-electron chi connectivity index (χ2n) is 4.31. The maximum absolute atomic E-state index is 11.6. The summed E-state index contributed by atoms with van der Waals surface area (Å²) < 4.78 is 0. The van der Waals surface area contributed by atoms with Crippen LogP contribution in [0, 0.1) is 0 Å². The van der Waals surface area contributed by atoms with Crippen LogP contribution in [0.5, 0.6) is 0 Å². The first-order valence-corrected chi connectivity index (χ1v) is 6.17. The van der Waals surface area contributed by atoms with Crippen molar-refractivity contribution in [3.8, 4) is 0 Å². The Hall–Kier alpha value is -1.69. The van der Waals surface area contributed by atoms with Crippen LogP contribution in [-0.2, 0) is 4.79 Å². The highest BCUT2D eigenvalue weighted by Crippen LogP contribution is 2.33. The summed E-state index contributed by atoms with van der Waals surface area (Å²) in [5, 5.41) is 11.9. The molecule has 1 amide bonds. The van der Waals surface area contributed by atoms with Crippen LogP contribution in [0.1, 0.15) is 31.5 Å². The van der Waals surface area contributed by atoms with Gasteiger partial charge in [-0.1, -0.05) is 0 Å². The van der Waals surface area contributed by atoms with Crippen molar-refractivity contribution >= 4 is 11.7 Å². The van der Waals surface area contributed by atoms with E-state index in [4.69, 9.17) is 5.11 Å². The highest BCUT2D eigenvalue weighted by Gasteiger charge is 2.30. The Labute approximate surface area is 106 Å². The van der Waals surface area contributed by atoms with Crippen molar-refractivity contribution in [3.63, 3.8) is 0 Å². The van der Waals surface area contributed by atoms with Crippen molar-refractivity contribution in [1.29, 1.82) is 0 Å². The highest BCUT2D eigenvalue weighted by atomic mass is 16.3. The molecule has 0 aromatic carbocycles. The van der Waals surface area contributed by atoms with Gasteiger partial charge in [-0.15, -0.1) is 0 Å². The number of rotatable bonds is 4. The molecule has 98 valence electrons. The fraction of sp³-hybridized carbons (Fsp3) is 0.583. The van der Waals surface area contributed by atoms with E-state index in [2.05, 4.69) is 15.3 Å². The van der Waals surface area contributed by atoms with Crippen LogP contribution < -0.4 is 5.32 Å². The molecule has 0 unspecified atom stereocenters. The van der Waals surface area contributed by atoms with Crippen molar-refractivity contribution in [3.05, 3.63) is 18.1 Å². The molecule has 1 aromatic rings. The average molecular weight is 250 g/mol. The van der Waals surface area contributed by atoms with Gasteiger partial charge in [0, 0.05) is 32.4 Å². The zero-order chi connectivity index (χ0) is 13.0. The molecule has 6 heteroatoms. The normalized spacial score (nSPS) is 19.0. The Morgan fingerprint density at radius 1 is 1.56 bits per heavy atom. The number of nitrogens with zero attached hydrogens (tertiary/aromatic N) is 3. The molecule has 0 radical (unpaired) electrons. The lowest BCUT2D eigenvalue weighted by atomic mass is 10.1. The number of carbonyl (C=O) groups excluding carboxylic acids is 1. The molecule has 0 bridgehead atoms. The Morgan fingerprint density at radius 2 is 2.33 bits per heavy atom. The van der Waals surface area contributed by atoms with Gasteiger partial charge in [-0.3, -0.25) is 9.78 Å². The molecule has 0 aliphatic carbocycles. The van der Waals surface area contributed by atoms with Crippen LogP contribution >= 0.6 is 0 Å². The number of aliphatic hydroxyl groups excluding tert-OH is 1. The Balaban J connectivity index is 2.23. The van der Waals surface area contributed by atoms with Gasteiger partial charge in [0.2, 0.25) is 5.91 Å². The smallest absolute Gasteiger partial charge is 0.220 e. The number of nitrogens with one attached hydrogen (secondary N) is 1. The molecule has 2 N–H and O–H groups in total. The van der Waals surface area contributed by atoms with E-state index < -0.39 is 0 Å². The van der Waals surface area contributed by atoms with Crippen LogP contribution in [0.3, 0.4) is 0 Å². The molecule has 1 fully saturated rings. The maximum atomic E-state index is 11.6. The van der Waals surface area contributed by atoms with Crippen molar-refractivity contribution in [2.75, 3.05) is 25.0 Å². The average Bonchev–Trinajstić information content (AvgIpc) is 2.86. The molecule has 2 heterocycles. The van der Waals surface area contributed by atoms with Gasteiger partial charge in [0.1, 0.15) is 11.5 Å². The Bertz CT molecular complexity index is 424. The molecule has 18 heavy (non-hydrogen) atoms. The van der Waals surface area contributed by atoms with Crippen LogP contribution in [0.4, 0.5) is 5.82 Å². The molecular formula is C12H18N4O2. The molecule has 1 aliphatic heterocycles. The van der Waals surface area contributed by atoms with E-state index in [1.54, 1.807) is 19.3 Å². The predicted molar refractivity (Wildman–Crippen MR) is 67.0 cm³/mol. The van der Waals surface area contributed by atoms with Crippen molar-refractivity contribution < 1.29 is 9.90 Å². The van der Waals surface area contributed by atoms with Crippen LogP contribution in [0.25, 0.3) is 0 Å². The fourth-order valence-electron chi connectivity index (χ4n) is 2.33. The molecule has 1 aromatic heterocycles. The Kier molecular flexibility index (Phi) is 4.09. The SMILES string of the molecule is CC(=O)N1CCC[C@H]1c1nccnc1NCCO. The molecular weight excluding hydrogens is 232 g/mol. The lowest BCUT2D eigenvalue weighted by molar-refractivity contribution is -0.129. The monoisotopic (exact) mass is 250 g/mol. The van der Waals surface area contributed by atoms with E-state index in [1.165, 1.54) is 0 Å². The quantitative estimate of drug-likeness (QED) is 0.816. The van der Waals surface area contributed by atoms with Gasteiger partial charge in [0.15, 0.2) is 0 Å². The van der Waals surface area contributed by atoms with Crippen LogP contribution in [-0.4, -0.2) is 45.6 Å². The van der Waals surface area contributed by atoms with Crippen LogP contribution in [0.2, 0.25) is 0 Å². The summed E-state index contributed by atoms with van der Waals surface area (Å²) in [6, 6.07) is -0.00241. The van der Waals surface area contributed by atoms with Crippen molar-refractivity contribution in [2.45, 2.75) is 25.8 Å². The summed E-state index contributed by atoms with van der Waals surface area (Å²) in [4.78, 5) is 22.0. The minimum Gasteiger partial charge on any atom is -0.395 e. The summed E-state index contributed by atoms with van der Waals surface area (Å²) >= 11 is 0. The molecule has 6 nitrogen and oxygen atoms in total. The molecule has 1 saturated heterocycles. The van der Waals surface area contributed by atoms with E-state index in [9.17, 15) is 4.79 Å². The number of carbonyl (C=O) groups is 1. The van der Waals surface area contributed by atoms with Gasteiger partial charge < -0.3 is 15.3 Å². The molecule has 1 aliphatic rings. The lowest BCUT2D eigenvalue weighted by Crippen LogP contribution is -2.29. The third kappa shape index (κ3) is 2.59. The van der Waals surface area contributed by atoms with Crippen LogP contribution in [0.15, 0.2) is 12.4 Å². The van der Waals surface area contributed by atoms with Gasteiger partial charge in [0.25, 0.3) is 0 Å². The molecule has 0 spiro atoms. The van der Waals surface area contributed by atoms with E-state index in [0.29, 0.717) is 12.4 Å². The summed E-state index contributed by atoms with van der Waals surface area (Å²) in [5.74, 6) is 0.723. The first kappa shape index (κ1) is 12.8. The molecule has 0 saturated carbocycles. The second-order valence-corrected chi connectivity index (χ2v) is 4.31. The zero-order valence-electron chi connectivity index (χ0n) is 10.5. The third-order valence-corrected chi connectivity index (χ3v) is 3.10. The zero-order valence-corrected chi connectivity index (χ0v) is 10.5. The van der Waals surface area contributed by atoms with Gasteiger partial charge in [-0.05, 0) is 12.8 Å². The first-order valence-electron chi connectivity index (χ1n) is 6.17. The number of hydrogen-bond acceptors (Lipinski definition) is 5. The first-order chi connectivity index (χ1) is 8.74. The minimum atomic E-state index is -0.00241. The predicted octanol–water partition coefficient (Wildman–Crippen LogP) is 0.564. The topological polar surface area (TPSA) is 78.4 Å². The van der Waals surface area contributed by atoms with E-state index >= 15 is 0 Å². The summed E-state index contributed by atoms with van der Waals surface area (Å²) in [7, 11) is 0. The van der Waals surface area contributed by atoms with E-state index in [0.717, 1.165) is 25.1 Å². The number of hydrogen-bond donors (Lipinski definition) is 2.